The number of hydrogen-bond donors (Lipinski definition) is 2. The molecule has 0 radical (unpaired) electrons. The van der Waals surface area contributed by atoms with Crippen LogP contribution in [0.25, 0.3) is 0 Å². The second-order valence-corrected chi connectivity index (χ2v) is 6.21. The lowest BCUT2D eigenvalue weighted by atomic mass is 10.1. The molecular formula is C11H16BrNO3S. The highest BCUT2D eigenvalue weighted by Crippen LogP contribution is 2.28. The van der Waals surface area contributed by atoms with Crippen molar-refractivity contribution in [1.29, 1.82) is 0 Å². The zero-order chi connectivity index (χ0) is 12.8. The van der Waals surface area contributed by atoms with Crippen LogP contribution in [0.4, 0.5) is 0 Å². The van der Waals surface area contributed by atoms with E-state index in [1.54, 1.807) is 0 Å². The van der Waals surface area contributed by atoms with Crippen molar-refractivity contribution in [2.75, 3.05) is 20.3 Å². The molecule has 0 spiro atoms. The molecule has 6 heteroatoms. The number of nitrogens with one attached hydrogen (secondary N) is 1. The van der Waals surface area contributed by atoms with Crippen LogP contribution >= 0.6 is 27.3 Å². The molecule has 0 saturated carbocycles. The number of ether oxygens (including phenoxy) is 1. The van der Waals surface area contributed by atoms with Crippen molar-refractivity contribution in [3.63, 3.8) is 0 Å². The molecule has 0 bridgehead atoms. The summed E-state index contributed by atoms with van der Waals surface area (Å²) in [5.74, 6) is -0.296. The van der Waals surface area contributed by atoms with Crippen molar-refractivity contribution in [3.8, 4) is 0 Å². The second kappa shape index (κ2) is 7.10. The number of halogens is 1. The minimum absolute atomic E-state index is 0.0884. The fourth-order valence-corrected chi connectivity index (χ4v) is 2.79. The lowest BCUT2D eigenvalue weighted by Gasteiger charge is -2.13. The van der Waals surface area contributed by atoms with E-state index in [4.69, 9.17) is 4.74 Å². The van der Waals surface area contributed by atoms with Crippen LogP contribution in [0.5, 0.6) is 0 Å². The molecule has 1 amide bonds. The molecule has 96 valence electrons. The van der Waals surface area contributed by atoms with Crippen LogP contribution < -0.4 is 5.32 Å². The van der Waals surface area contributed by atoms with Crippen LogP contribution in [-0.4, -0.2) is 37.4 Å². The number of carbonyl (C=O) groups excluding carboxylic acids is 1. The van der Waals surface area contributed by atoms with Gasteiger partial charge < -0.3 is 15.2 Å². The fourth-order valence-electron chi connectivity index (χ4n) is 1.31. The average molecular weight is 322 g/mol. The number of aliphatic hydroxyl groups excluding tert-OH is 1. The number of hydrogen-bond acceptors (Lipinski definition) is 4. The van der Waals surface area contributed by atoms with Gasteiger partial charge in [-0.2, -0.15) is 0 Å². The molecule has 1 heterocycles. The van der Waals surface area contributed by atoms with Gasteiger partial charge in [0.15, 0.2) is 0 Å². The van der Waals surface area contributed by atoms with Gasteiger partial charge in [0.05, 0.1) is 22.4 Å². The van der Waals surface area contributed by atoms with Crippen molar-refractivity contribution in [1.82, 2.24) is 5.32 Å². The molecule has 0 saturated heterocycles. The Morgan fingerprint density at radius 2 is 2.35 bits per heavy atom. The van der Waals surface area contributed by atoms with Gasteiger partial charge in [-0.05, 0) is 35.0 Å². The number of carbonyl (C=O) groups is 1. The molecule has 17 heavy (non-hydrogen) atoms. The predicted molar refractivity (Wildman–Crippen MR) is 71.3 cm³/mol. The van der Waals surface area contributed by atoms with Crippen molar-refractivity contribution >= 4 is 33.2 Å². The molecule has 1 aromatic rings. The van der Waals surface area contributed by atoms with E-state index in [0.29, 0.717) is 0 Å². The summed E-state index contributed by atoms with van der Waals surface area (Å²) in [6.07, 6.45) is -0.661. The minimum Gasteiger partial charge on any atom is -0.389 e. The quantitative estimate of drug-likeness (QED) is 0.839. The molecule has 0 aliphatic rings. The highest BCUT2D eigenvalue weighted by Gasteiger charge is 2.17. The molecule has 0 fully saturated rings. The summed E-state index contributed by atoms with van der Waals surface area (Å²) in [4.78, 5) is 12.8. The van der Waals surface area contributed by atoms with E-state index in [-0.39, 0.29) is 25.0 Å². The highest BCUT2D eigenvalue weighted by molar-refractivity contribution is 9.11. The van der Waals surface area contributed by atoms with Gasteiger partial charge in [-0.25, -0.2) is 0 Å². The Balaban J connectivity index is 2.42. The van der Waals surface area contributed by atoms with Gasteiger partial charge in [0.1, 0.15) is 0 Å². The third kappa shape index (κ3) is 4.75. The molecule has 0 aliphatic carbocycles. The summed E-state index contributed by atoms with van der Waals surface area (Å²) in [6.45, 7) is 2.28. The topological polar surface area (TPSA) is 58.6 Å². The van der Waals surface area contributed by atoms with Crippen LogP contribution in [0.2, 0.25) is 0 Å². The van der Waals surface area contributed by atoms with Crippen LogP contribution in [0, 0.1) is 0 Å². The van der Waals surface area contributed by atoms with Gasteiger partial charge >= 0.3 is 0 Å². The van der Waals surface area contributed by atoms with Crippen molar-refractivity contribution in [3.05, 3.63) is 20.8 Å². The smallest absolute Gasteiger partial charge is 0.228 e. The van der Waals surface area contributed by atoms with Crippen LogP contribution in [-0.2, 0) is 9.53 Å². The van der Waals surface area contributed by atoms with Crippen LogP contribution in [0.3, 0.4) is 0 Å². The fraction of sp³-hybridized carbons (Fsp3) is 0.545. The van der Waals surface area contributed by atoms with E-state index in [2.05, 4.69) is 21.2 Å². The molecule has 2 atom stereocenters. The Morgan fingerprint density at radius 3 is 2.88 bits per heavy atom. The molecule has 2 unspecified atom stereocenters. The number of methoxy groups -OCH3 is 1. The number of thiophene rings is 1. The van der Waals surface area contributed by atoms with Gasteiger partial charge in [0, 0.05) is 18.5 Å². The normalized spacial score (nSPS) is 14.4. The van der Waals surface area contributed by atoms with E-state index in [0.717, 1.165) is 8.66 Å². The Morgan fingerprint density at radius 1 is 1.65 bits per heavy atom. The number of aliphatic hydroxyl groups is 1. The van der Waals surface area contributed by atoms with E-state index in [1.807, 2.05) is 19.1 Å². The first-order valence-electron chi connectivity index (χ1n) is 5.24. The maximum atomic E-state index is 11.8. The summed E-state index contributed by atoms with van der Waals surface area (Å²) in [7, 11) is 1.51. The first-order chi connectivity index (χ1) is 8.04. The van der Waals surface area contributed by atoms with E-state index in [1.165, 1.54) is 18.4 Å². The first kappa shape index (κ1) is 14.6. The minimum atomic E-state index is -0.661. The second-order valence-electron chi connectivity index (χ2n) is 3.72. The van der Waals surface area contributed by atoms with Gasteiger partial charge in [0.25, 0.3) is 0 Å². The summed E-state index contributed by atoms with van der Waals surface area (Å²) >= 11 is 4.90. The summed E-state index contributed by atoms with van der Waals surface area (Å²) in [5, 5.41) is 12.1. The highest BCUT2D eigenvalue weighted by atomic mass is 79.9. The maximum Gasteiger partial charge on any atom is 0.228 e. The number of amides is 1. The predicted octanol–water partition coefficient (Wildman–Crippen LogP) is 1.74. The third-order valence-corrected chi connectivity index (χ3v) is 4.09. The van der Waals surface area contributed by atoms with Gasteiger partial charge in [-0.3, -0.25) is 4.79 Å². The Kier molecular flexibility index (Phi) is 6.11. The summed E-state index contributed by atoms with van der Waals surface area (Å²) in [5.41, 5.74) is 0. The Labute approximate surface area is 113 Å². The van der Waals surface area contributed by atoms with Crippen LogP contribution in [0.15, 0.2) is 15.9 Å². The molecule has 1 rings (SSSR count). The lowest BCUT2D eigenvalue weighted by molar-refractivity contribution is -0.122. The molecule has 4 nitrogen and oxygen atoms in total. The molecule has 0 aromatic carbocycles. The van der Waals surface area contributed by atoms with Crippen molar-refractivity contribution in [2.45, 2.75) is 18.9 Å². The Hall–Kier alpha value is -0.430. The number of rotatable bonds is 6. The average Bonchev–Trinajstić information content (AvgIpc) is 2.72. The van der Waals surface area contributed by atoms with Crippen molar-refractivity contribution < 1.29 is 14.6 Å². The molecule has 0 aliphatic heterocycles. The SMILES string of the molecule is COCC(O)CNC(=O)C(C)c1ccc(Br)s1. The van der Waals surface area contributed by atoms with Crippen molar-refractivity contribution in [2.24, 2.45) is 0 Å². The zero-order valence-corrected chi connectivity index (χ0v) is 12.2. The van der Waals surface area contributed by atoms with Gasteiger partial charge in [0.2, 0.25) is 5.91 Å². The van der Waals surface area contributed by atoms with Crippen LogP contribution in [0.1, 0.15) is 17.7 Å². The third-order valence-electron chi connectivity index (χ3n) is 2.29. The largest absolute Gasteiger partial charge is 0.389 e. The zero-order valence-electron chi connectivity index (χ0n) is 9.77. The van der Waals surface area contributed by atoms with E-state index in [9.17, 15) is 9.90 Å². The van der Waals surface area contributed by atoms with Gasteiger partial charge in [-0.1, -0.05) is 0 Å². The molecular weight excluding hydrogens is 306 g/mol. The van der Waals surface area contributed by atoms with E-state index >= 15 is 0 Å². The lowest BCUT2D eigenvalue weighted by Crippen LogP contribution is -2.36. The molecule has 1 aromatic heterocycles. The standard InChI is InChI=1S/C11H16BrNO3S/c1-7(9-3-4-10(12)17-9)11(15)13-5-8(14)6-16-2/h3-4,7-8,14H,5-6H2,1-2H3,(H,13,15). The first-order valence-corrected chi connectivity index (χ1v) is 6.85. The summed E-state index contributed by atoms with van der Waals surface area (Å²) < 4.78 is 5.78. The maximum absolute atomic E-state index is 11.8. The molecule has 2 N–H and O–H groups in total. The summed E-state index contributed by atoms with van der Waals surface area (Å²) in [6, 6.07) is 3.84. The Bertz CT molecular complexity index is 369. The monoisotopic (exact) mass is 321 g/mol. The van der Waals surface area contributed by atoms with E-state index < -0.39 is 6.10 Å². The van der Waals surface area contributed by atoms with Gasteiger partial charge in [-0.15, -0.1) is 11.3 Å².